The van der Waals surface area contributed by atoms with E-state index in [-0.39, 0.29) is 11.4 Å². The number of nitro groups is 1. The maximum Gasteiger partial charge on any atom is 0.347 e. The molecule has 0 radical (unpaired) electrons. The number of nitro benzene ring substituents is 1. The average molecular weight is 242 g/mol. The Morgan fingerprint density at radius 1 is 1.53 bits per heavy atom. The van der Waals surface area contributed by atoms with Crippen molar-refractivity contribution in [2.75, 3.05) is 20.0 Å². The maximum atomic E-state index is 11.4. The second-order valence-electron chi connectivity index (χ2n) is 2.99. The van der Waals surface area contributed by atoms with Crippen molar-refractivity contribution in [3.05, 3.63) is 21.7 Å². The molecule has 8 nitrogen and oxygen atoms in total. The highest BCUT2D eigenvalue weighted by Gasteiger charge is 2.31. The van der Waals surface area contributed by atoms with Crippen molar-refractivity contribution in [1.82, 2.24) is 0 Å². The van der Waals surface area contributed by atoms with Crippen molar-refractivity contribution >= 4 is 17.3 Å². The number of carbonyl (C=O) groups is 1. The van der Waals surface area contributed by atoms with Gasteiger partial charge in [-0.05, 0) is 0 Å². The van der Waals surface area contributed by atoms with Crippen LogP contribution in [0.25, 0.3) is 0 Å². The van der Waals surface area contributed by atoms with Crippen LogP contribution in [0.5, 0.6) is 11.5 Å². The molecule has 8 heteroatoms. The van der Waals surface area contributed by atoms with E-state index in [1.807, 2.05) is 0 Å². The summed E-state index contributed by atoms with van der Waals surface area (Å²) in [6, 6.07) is 1.11. The number of phenols is 1. The normalized spacial score (nSPS) is 9.76. The molecule has 3 N–H and O–H groups in total. The summed E-state index contributed by atoms with van der Waals surface area (Å²) in [5.74, 6) is -1.97. The third kappa shape index (κ3) is 2.05. The average Bonchev–Trinajstić information content (AvgIpc) is 2.29. The van der Waals surface area contributed by atoms with Gasteiger partial charge in [0.2, 0.25) is 5.75 Å². The van der Waals surface area contributed by atoms with E-state index >= 15 is 0 Å². The van der Waals surface area contributed by atoms with E-state index in [2.05, 4.69) is 4.74 Å². The monoisotopic (exact) mass is 242 g/mol. The summed E-state index contributed by atoms with van der Waals surface area (Å²) in [5, 5.41) is 20.4. The Balaban J connectivity index is 3.64. The molecule has 0 saturated carbocycles. The van der Waals surface area contributed by atoms with E-state index in [0.717, 1.165) is 13.2 Å². The van der Waals surface area contributed by atoms with Gasteiger partial charge in [0.05, 0.1) is 24.8 Å². The largest absolute Gasteiger partial charge is 0.499 e. The standard InChI is InChI=1S/C9H10N2O6/c1-16-5-3-4(10)6(9(13)17-2)7(8(5)12)11(14)15/h3,12H,10H2,1-2H3. The molecule has 0 aromatic heterocycles. The number of ether oxygens (including phenoxy) is 2. The van der Waals surface area contributed by atoms with E-state index in [4.69, 9.17) is 10.5 Å². The van der Waals surface area contributed by atoms with Gasteiger partial charge in [-0.1, -0.05) is 0 Å². The molecule has 0 unspecified atom stereocenters. The van der Waals surface area contributed by atoms with Gasteiger partial charge < -0.3 is 20.3 Å². The van der Waals surface area contributed by atoms with Crippen LogP contribution >= 0.6 is 0 Å². The van der Waals surface area contributed by atoms with Gasteiger partial charge >= 0.3 is 11.7 Å². The van der Waals surface area contributed by atoms with Crippen LogP contribution in [-0.4, -0.2) is 30.2 Å². The zero-order valence-electron chi connectivity index (χ0n) is 9.09. The quantitative estimate of drug-likeness (QED) is 0.262. The van der Waals surface area contributed by atoms with Gasteiger partial charge in [-0.25, -0.2) is 4.79 Å². The number of nitrogens with two attached hydrogens (primary N) is 1. The SMILES string of the molecule is COC(=O)c1c(N)cc(OC)c(O)c1[N+](=O)[O-]. The lowest BCUT2D eigenvalue weighted by Gasteiger charge is -2.09. The highest BCUT2D eigenvalue weighted by atomic mass is 16.6. The highest BCUT2D eigenvalue weighted by molar-refractivity contribution is 6.01. The van der Waals surface area contributed by atoms with Crippen LogP contribution in [0, 0.1) is 10.1 Å². The van der Waals surface area contributed by atoms with Crippen LogP contribution in [0.3, 0.4) is 0 Å². The van der Waals surface area contributed by atoms with Crippen molar-refractivity contribution in [3.8, 4) is 11.5 Å². The summed E-state index contributed by atoms with van der Waals surface area (Å²) in [6.45, 7) is 0. The van der Waals surface area contributed by atoms with Gasteiger partial charge in [0.25, 0.3) is 0 Å². The first-order valence-electron chi connectivity index (χ1n) is 4.36. The third-order valence-corrected chi connectivity index (χ3v) is 2.06. The molecule has 0 aliphatic rings. The number of hydrogen-bond acceptors (Lipinski definition) is 7. The number of methoxy groups -OCH3 is 2. The van der Waals surface area contributed by atoms with E-state index in [9.17, 15) is 20.0 Å². The maximum absolute atomic E-state index is 11.4. The van der Waals surface area contributed by atoms with E-state index in [1.165, 1.54) is 7.11 Å². The molecule has 1 aromatic carbocycles. The van der Waals surface area contributed by atoms with Crippen LogP contribution in [0.15, 0.2) is 6.07 Å². The number of phenolic OH excluding ortho intramolecular Hbond substituents is 1. The van der Waals surface area contributed by atoms with Crippen LogP contribution in [-0.2, 0) is 4.74 Å². The fraction of sp³-hybridized carbons (Fsp3) is 0.222. The molecule has 0 spiro atoms. The predicted octanol–water partition coefficient (Wildman–Crippen LogP) is 0.678. The molecule has 0 amide bonds. The van der Waals surface area contributed by atoms with Crippen LogP contribution in [0.1, 0.15) is 10.4 Å². The van der Waals surface area contributed by atoms with Gasteiger partial charge in [-0.3, -0.25) is 10.1 Å². The highest BCUT2D eigenvalue weighted by Crippen LogP contribution is 2.42. The first kappa shape index (κ1) is 12.6. The van der Waals surface area contributed by atoms with Crippen LogP contribution in [0.2, 0.25) is 0 Å². The Morgan fingerprint density at radius 3 is 2.53 bits per heavy atom. The first-order chi connectivity index (χ1) is 7.93. The molecule has 0 bridgehead atoms. The number of rotatable bonds is 3. The van der Waals surface area contributed by atoms with E-state index < -0.39 is 27.9 Å². The van der Waals surface area contributed by atoms with Gasteiger partial charge in [0.15, 0.2) is 11.3 Å². The van der Waals surface area contributed by atoms with Crippen molar-refractivity contribution in [2.24, 2.45) is 0 Å². The number of aromatic hydroxyl groups is 1. The zero-order valence-corrected chi connectivity index (χ0v) is 9.09. The zero-order chi connectivity index (χ0) is 13.2. The Bertz CT molecular complexity index is 485. The fourth-order valence-corrected chi connectivity index (χ4v) is 1.30. The second-order valence-corrected chi connectivity index (χ2v) is 2.99. The van der Waals surface area contributed by atoms with Crippen molar-refractivity contribution < 1.29 is 24.3 Å². The number of benzene rings is 1. The Hall–Kier alpha value is -2.51. The minimum atomic E-state index is -1.01. The molecular weight excluding hydrogens is 232 g/mol. The molecule has 0 aliphatic carbocycles. The minimum absolute atomic E-state index is 0.193. The Labute approximate surface area is 95.7 Å². The lowest BCUT2D eigenvalue weighted by molar-refractivity contribution is -0.386. The predicted molar refractivity (Wildman–Crippen MR) is 57.1 cm³/mol. The molecule has 1 rings (SSSR count). The minimum Gasteiger partial charge on any atom is -0.499 e. The Morgan fingerprint density at radius 2 is 2.12 bits per heavy atom. The van der Waals surface area contributed by atoms with E-state index in [0.29, 0.717) is 0 Å². The molecular formula is C9H10N2O6. The first-order valence-corrected chi connectivity index (χ1v) is 4.36. The number of hydrogen-bond donors (Lipinski definition) is 2. The van der Waals surface area contributed by atoms with Gasteiger partial charge in [0, 0.05) is 6.07 Å². The number of esters is 1. The fourth-order valence-electron chi connectivity index (χ4n) is 1.30. The number of nitrogens with zero attached hydrogens (tertiary/aromatic N) is 1. The lowest BCUT2D eigenvalue weighted by atomic mass is 10.1. The molecule has 0 saturated heterocycles. The molecule has 17 heavy (non-hydrogen) atoms. The number of anilines is 1. The number of carbonyl (C=O) groups excluding carboxylic acids is 1. The summed E-state index contributed by atoms with van der Waals surface area (Å²) in [5.41, 5.74) is 3.93. The summed E-state index contributed by atoms with van der Waals surface area (Å²) in [7, 11) is 2.25. The van der Waals surface area contributed by atoms with Crippen molar-refractivity contribution in [1.29, 1.82) is 0 Å². The third-order valence-electron chi connectivity index (χ3n) is 2.06. The van der Waals surface area contributed by atoms with Crippen LogP contribution in [0.4, 0.5) is 11.4 Å². The summed E-state index contributed by atoms with van der Waals surface area (Å²) in [6.07, 6.45) is 0. The molecule has 0 atom stereocenters. The summed E-state index contributed by atoms with van der Waals surface area (Å²) in [4.78, 5) is 21.2. The molecule has 0 fully saturated rings. The molecule has 0 aliphatic heterocycles. The topological polar surface area (TPSA) is 125 Å². The summed E-state index contributed by atoms with van der Waals surface area (Å²) >= 11 is 0. The number of nitrogen functional groups attached to an aromatic ring is 1. The molecule has 1 aromatic rings. The lowest BCUT2D eigenvalue weighted by Crippen LogP contribution is -2.10. The van der Waals surface area contributed by atoms with E-state index in [1.54, 1.807) is 0 Å². The van der Waals surface area contributed by atoms with Gasteiger partial charge in [-0.2, -0.15) is 0 Å². The summed E-state index contributed by atoms with van der Waals surface area (Å²) < 4.78 is 9.06. The van der Waals surface area contributed by atoms with Crippen molar-refractivity contribution in [2.45, 2.75) is 0 Å². The second kappa shape index (κ2) is 4.56. The van der Waals surface area contributed by atoms with Gasteiger partial charge in [0.1, 0.15) is 0 Å². The van der Waals surface area contributed by atoms with Crippen LogP contribution < -0.4 is 10.5 Å². The van der Waals surface area contributed by atoms with Crippen molar-refractivity contribution in [3.63, 3.8) is 0 Å². The molecule has 92 valence electrons. The Kier molecular flexibility index (Phi) is 3.37. The smallest absolute Gasteiger partial charge is 0.347 e. The van der Waals surface area contributed by atoms with Gasteiger partial charge in [-0.15, -0.1) is 0 Å². The molecule has 0 heterocycles.